The van der Waals surface area contributed by atoms with Crippen LogP contribution in [0.15, 0.2) is 76.0 Å². The molecule has 1 aromatic heterocycles. The summed E-state index contributed by atoms with van der Waals surface area (Å²) in [5.74, 6) is -0.164. The molecule has 31 heavy (non-hydrogen) atoms. The average molecular weight is 475 g/mol. The molecule has 0 saturated carbocycles. The summed E-state index contributed by atoms with van der Waals surface area (Å²) in [7, 11) is 0. The number of halogens is 1. The van der Waals surface area contributed by atoms with E-state index in [-0.39, 0.29) is 18.0 Å². The quantitative estimate of drug-likeness (QED) is 0.390. The summed E-state index contributed by atoms with van der Waals surface area (Å²) < 4.78 is 0.720. The van der Waals surface area contributed by atoms with E-state index in [1.807, 2.05) is 81.4 Å². The highest BCUT2D eigenvalue weighted by Gasteiger charge is 2.23. The largest absolute Gasteiger partial charge is 0.321 e. The van der Waals surface area contributed by atoms with Gasteiger partial charge in [0.25, 0.3) is 11.5 Å². The van der Waals surface area contributed by atoms with Gasteiger partial charge in [-0.3, -0.25) is 9.59 Å². The van der Waals surface area contributed by atoms with Crippen LogP contribution in [0.1, 0.15) is 32.6 Å². The highest BCUT2D eigenvalue weighted by Crippen LogP contribution is 2.27. The predicted molar refractivity (Wildman–Crippen MR) is 130 cm³/mol. The lowest BCUT2D eigenvalue weighted by atomic mass is 10.1. The van der Waals surface area contributed by atoms with E-state index < -0.39 is 0 Å². The second kappa shape index (κ2) is 8.52. The number of hydrogen-bond donors (Lipinski definition) is 1. The minimum absolute atomic E-state index is 0.164. The normalized spacial score (nSPS) is 11.0. The summed E-state index contributed by atoms with van der Waals surface area (Å²) in [6, 6.07) is 21.1. The first kappa shape index (κ1) is 21.1. The number of para-hydroxylation sites is 1. The molecule has 4 aromatic rings. The van der Waals surface area contributed by atoms with E-state index in [2.05, 4.69) is 20.9 Å². The van der Waals surface area contributed by atoms with E-state index in [4.69, 9.17) is 0 Å². The van der Waals surface area contributed by atoms with Crippen LogP contribution in [0.25, 0.3) is 10.9 Å². The van der Waals surface area contributed by atoms with E-state index in [1.54, 1.807) is 11.0 Å². The zero-order valence-corrected chi connectivity index (χ0v) is 19.3. The van der Waals surface area contributed by atoms with Crippen LogP contribution >= 0.6 is 15.9 Å². The number of fused-ring (bicyclic) bond motifs is 1. The Morgan fingerprint density at radius 1 is 0.935 bits per heavy atom. The molecule has 1 N–H and O–H groups in total. The van der Waals surface area contributed by atoms with Gasteiger partial charge in [-0.1, -0.05) is 48.0 Å². The molecule has 0 bridgehead atoms. The number of H-pyrrole nitrogens is 1. The molecule has 0 spiro atoms. The van der Waals surface area contributed by atoms with Gasteiger partial charge >= 0.3 is 0 Å². The Hall–Kier alpha value is -3.18. The number of aryl methyl sites for hydroxylation is 3. The van der Waals surface area contributed by atoms with Crippen LogP contribution in [0.2, 0.25) is 0 Å². The minimum Gasteiger partial charge on any atom is -0.321 e. The summed E-state index contributed by atoms with van der Waals surface area (Å²) in [5, 5.41) is 0.948. The van der Waals surface area contributed by atoms with E-state index in [0.29, 0.717) is 11.1 Å². The van der Waals surface area contributed by atoms with Crippen LogP contribution in [-0.2, 0) is 6.54 Å². The van der Waals surface area contributed by atoms with Crippen molar-refractivity contribution >= 4 is 38.4 Å². The van der Waals surface area contributed by atoms with Gasteiger partial charge in [-0.25, -0.2) is 0 Å². The molecule has 0 unspecified atom stereocenters. The van der Waals surface area contributed by atoms with E-state index in [0.717, 1.165) is 37.8 Å². The molecule has 0 fully saturated rings. The number of hydrogen-bond acceptors (Lipinski definition) is 2. The number of carbonyl (C=O) groups is 1. The number of amides is 1. The van der Waals surface area contributed by atoms with Crippen molar-refractivity contribution < 1.29 is 4.79 Å². The number of benzene rings is 3. The van der Waals surface area contributed by atoms with Crippen molar-refractivity contribution in [2.24, 2.45) is 0 Å². The molecular formula is C26H23BrN2O2. The average Bonchev–Trinajstić information content (AvgIpc) is 2.73. The molecule has 156 valence electrons. The molecule has 5 heteroatoms. The Morgan fingerprint density at radius 2 is 1.71 bits per heavy atom. The van der Waals surface area contributed by atoms with E-state index in [1.165, 1.54) is 0 Å². The molecule has 3 aromatic carbocycles. The Morgan fingerprint density at radius 3 is 2.45 bits per heavy atom. The van der Waals surface area contributed by atoms with Crippen molar-refractivity contribution in [2.75, 3.05) is 4.90 Å². The third-order valence-corrected chi connectivity index (χ3v) is 6.18. The molecule has 4 nitrogen and oxygen atoms in total. The number of anilines is 1. The third-order valence-electron chi connectivity index (χ3n) is 5.49. The number of rotatable bonds is 4. The van der Waals surface area contributed by atoms with Gasteiger partial charge in [0.2, 0.25) is 0 Å². The first-order valence-electron chi connectivity index (χ1n) is 10.1. The maximum Gasteiger partial charge on any atom is 0.259 e. The Kier molecular flexibility index (Phi) is 5.79. The Bertz CT molecular complexity index is 1360. The van der Waals surface area contributed by atoms with Gasteiger partial charge in [0.15, 0.2) is 0 Å². The number of aromatic nitrogens is 1. The van der Waals surface area contributed by atoms with Crippen LogP contribution < -0.4 is 10.5 Å². The number of aromatic amines is 1. The molecule has 0 radical (unpaired) electrons. The topological polar surface area (TPSA) is 53.2 Å². The van der Waals surface area contributed by atoms with Crippen LogP contribution in [0.5, 0.6) is 0 Å². The first-order chi connectivity index (χ1) is 14.8. The molecule has 4 rings (SSSR count). The highest BCUT2D eigenvalue weighted by atomic mass is 79.9. The summed E-state index contributed by atoms with van der Waals surface area (Å²) in [5.41, 5.74) is 5.63. The fourth-order valence-electron chi connectivity index (χ4n) is 3.87. The van der Waals surface area contributed by atoms with Crippen molar-refractivity contribution in [3.8, 4) is 0 Å². The molecule has 1 amide bonds. The lowest BCUT2D eigenvalue weighted by Gasteiger charge is -2.25. The van der Waals surface area contributed by atoms with Gasteiger partial charge in [0.05, 0.1) is 17.6 Å². The predicted octanol–water partition coefficient (Wildman–Crippen LogP) is 6.06. The zero-order valence-electron chi connectivity index (χ0n) is 17.7. The molecule has 0 atom stereocenters. The lowest BCUT2D eigenvalue weighted by Crippen LogP contribution is -2.33. The van der Waals surface area contributed by atoms with Gasteiger partial charge in [0.1, 0.15) is 0 Å². The Labute approximate surface area is 189 Å². The van der Waals surface area contributed by atoms with Crippen molar-refractivity contribution in [1.29, 1.82) is 0 Å². The second-order valence-electron chi connectivity index (χ2n) is 7.82. The zero-order chi connectivity index (χ0) is 22.1. The summed E-state index contributed by atoms with van der Waals surface area (Å²) in [6.45, 7) is 6.14. The van der Waals surface area contributed by atoms with Crippen molar-refractivity contribution in [1.82, 2.24) is 4.98 Å². The molecule has 0 aliphatic heterocycles. The van der Waals surface area contributed by atoms with E-state index in [9.17, 15) is 9.59 Å². The maximum atomic E-state index is 13.6. The molecule has 1 heterocycles. The van der Waals surface area contributed by atoms with Crippen molar-refractivity contribution in [3.63, 3.8) is 0 Å². The SMILES string of the molecule is Cc1ccc(N(Cc2cc3cccc(C)c3[nH]c2=O)C(=O)c2ccccc2Br)c(C)c1. The number of nitrogens with zero attached hydrogens (tertiary/aromatic N) is 1. The summed E-state index contributed by atoms with van der Waals surface area (Å²) in [6.07, 6.45) is 0. The van der Waals surface area contributed by atoms with Crippen molar-refractivity contribution in [3.05, 3.63) is 109 Å². The van der Waals surface area contributed by atoms with E-state index >= 15 is 0 Å². The molecule has 0 saturated heterocycles. The first-order valence-corrected chi connectivity index (χ1v) is 10.9. The van der Waals surface area contributed by atoms with Crippen LogP contribution in [0.3, 0.4) is 0 Å². The lowest BCUT2D eigenvalue weighted by molar-refractivity contribution is 0.0984. The van der Waals surface area contributed by atoms with Gasteiger partial charge in [-0.05, 0) is 77.5 Å². The van der Waals surface area contributed by atoms with Crippen LogP contribution in [-0.4, -0.2) is 10.9 Å². The second-order valence-corrected chi connectivity index (χ2v) is 8.68. The smallest absolute Gasteiger partial charge is 0.259 e. The number of pyridine rings is 1. The third kappa shape index (κ3) is 4.19. The highest BCUT2D eigenvalue weighted by molar-refractivity contribution is 9.10. The maximum absolute atomic E-state index is 13.6. The summed E-state index contributed by atoms with van der Waals surface area (Å²) >= 11 is 3.49. The van der Waals surface area contributed by atoms with Gasteiger partial charge in [-0.15, -0.1) is 0 Å². The standard InChI is InChI=1S/C26H23BrN2O2/c1-16-11-12-23(18(3)13-16)29(26(31)21-9-4-5-10-22(21)27)15-20-14-19-8-6-7-17(2)24(19)28-25(20)30/h4-14H,15H2,1-3H3,(H,28,30). The van der Waals surface area contributed by atoms with Crippen molar-refractivity contribution in [2.45, 2.75) is 27.3 Å². The molecule has 0 aliphatic rings. The van der Waals surface area contributed by atoms with Crippen LogP contribution in [0.4, 0.5) is 5.69 Å². The summed E-state index contributed by atoms with van der Waals surface area (Å²) in [4.78, 5) is 31.2. The number of carbonyl (C=O) groups excluding carboxylic acids is 1. The van der Waals surface area contributed by atoms with Gasteiger partial charge in [-0.2, -0.15) is 0 Å². The monoisotopic (exact) mass is 474 g/mol. The number of nitrogens with one attached hydrogen (secondary N) is 1. The molecule has 0 aliphatic carbocycles. The molecular weight excluding hydrogens is 452 g/mol. The minimum atomic E-state index is -0.184. The fourth-order valence-corrected chi connectivity index (χ4v) is 4.33. The van der Waals surface area contributed by atoms with Gasteiger partial charge < -0.3 is 9.88 Å². The Balaban J connectivity index is 1.84. The van der Waals surface area contributed by atoms with Crippen LogP contribution in [0, 0.1) is 20.8 Å². The van der Waals surface area contributed by atoms with Gasteiger partial charge in [0, 0.05) is 15.7 Å². The fraction of sp³-hybridized carbons (Fsp3) is 0.154.